The number of hydrogen-bond donors (Lipinski definition) is 3. The Hall–Kier alpha value is -5.43. The molecule has 0 saturated carbocycles. The molecule has 1 fully saturated rings. The third-order valence-corrected chi connectivity index (χ3v) is 7.93. The minimum atomic E-state index is -0.353. The number of ether oxygens (including phenoxy) is 3. The summed E-state index contributed by atoms with van der Waals surface area (Å²) in [6, 6.07) is 15.5. The molecule has 3 aromatic heterocycles. The molecule has 2 aliphatic rings. The Morgan fingerprint density at radius 3 is 2.71 bits per heavy atom. The van der Waals surface area contributed by atoms with Gasteiger partial charge in [0.2, 0.25) is 5.95 Å². The SMILES string of the molecule is C=C(COc1ccccc1)Nc1nc(NCCCc2cccc3c2Nc2nc(=O)n(C)cc2O3)c2ncn(C3CCC(C)O3)c2n1.CC. The Bertz CT molecular complexity index is 1960. The Kier molecular flexibility index (Phi) is 9.86. The van der Waals surface area contributed by atoms with E-state index in [2.05, 4.69) is 39.4 Å². The fourth-order valence-corrected chi connectivity index (χ4v) is 5.59. The summed E-state index contributed by atoms with van der Waals surface area (Å²) in [6.07, 6.45) is 6.81. The van der Waals surface area contributed by atoms with E-state index in [1.807, 2.05) is 66.9 Å². The average Bonchev–Trinajstić information content (AvgIpc) is 3.73. The Labute approximate surface area is 279 Å². The Balaban J connectivity index is 0.00000197. The van der Waals surface area contributed by atoms with Crippen molar-refractivity contribution >= 4 is 34.4 Å². The monoisotopic (exact) mass is 651 g/mol. The molecule has 13 heteroatoms. The highest BCUT2D eigenvalue weighted by Gasteiger charge is 2.26. The van der Waals surface area contributed by atoms with Crippen LogP contribution in [0.15, 0.2) is 78.1 Å². The van der Waals surface area contributed by atoms with Crippen LogP contribution in [0, 0.1) is 0 Å². The molecule has 2 unspecified atom stereocenters. The van der Waals surface area contributed by atoms with Crippen molar-refractivity contribution in [3.63, 3.8) is 0 Å². The minimum Gasteiger partial charge on any atom is -0.487 e. The van der Waals surface area contributed by atoms with E-state index in [9.17, 15) is 4.79 Å². The summed E-state index contributed by atoms with van der Waals surface area (Å²) in [7, 11) is 1.65. The van der Waals surface area contributed by atoms with Gasteiger partial charge in [0.1, 0.15) is 18.6 Å². The van der Waals surface area contributed by atoms with Crippen LogP contribution in [0.2, 0.25) is 0 Å². The van der Waals surface area contributed by atoms with Gasteiger partial charge in [-0.15, -0.1) is 0 Å². The lowest BCUT2D eigenvalue weighted by Gasteiger charge is -2.23. The van der Waals surface area contributed by atoms with Gasteiger partial charge in [0.05, 0.1) is 24.3 Å². The van der Waals surface area contributed by atoms with E-state index >= 15 is 0 Å². The first-order chi connectivity index (χ1) is 23.4. The van der Waals surface area contributed by atoms with Gasteiger partial charge >= 0.3 is 5.69 Å². The van der Waals surface area contributed by atoms with Crippen molar-refractivity contribution < 1.29 is 14.2 Å². The molecule has 2 aliphatic heterocycles. The number of nitrogens with zero attached hydrogens (tertiary/aromatic N) is 6. The van der Waals surface area contributed by atoms with Crippen molar-refractivity contribution in [2.75, 3.05) is 29.1 Å². The smallest absolute Gasteiger partial charge is 0.349 e. The van der Waals surface area contributed by atoms with E-state index in [0.717, 1.165) is 42.7 Å². The summed E-state index contributed by atoms with van der Waals surface area (Å²) in [5.41, 5.74) is 3.46. The van der Waals surface area contributed by atoms with Crippen LogP contribution in [0.1, 0.15) is 51.8 Å². The molecule has 5 aromatic rings. The van der Waals surface area contributed by atoms with Crippen molar-refractivity contribution in [3.05, 3.63) is 89.4 Å². The number of hydrogen-bond acceptors (Lipinski definition) is 11. The first kappa shape index (κ1) is 32.5. The molecular formula is C35H41N9O4. The summed E-state index contributed by atoms with van der Waals surface area (Å²) in [4.78, 5) is 30.5. The van der Waals surface area contributed by atoms with Crippen molar-refractivity contribution in [2.45, 2.75) is 58.8 Å². The van der Waals surface area contributed by atoms with Crippen LogP contribution in [-0.2, 0) is 18.2 Å². The second kappa shape index (κ2) is 14.6. The maximum atomic E-state index is 12.1. The summed E-state index contributed by atoms with van der Waals surface area (Å²) in [5, 5.41) is 9.98. The van der Waals surface area contributed by atoms with Gasteiger partial charge in [0.15, 0.2) is 34.3 Å². The molecular weight excluding hydrogens is 610 g/mol. The number of aromatic nitrogens is 6. The van der Waals surface area contributed by atoms with Crippen LogP contribution in [0.4, 0.5) is 23.3 Å². The van der Waals surface area contributed by atoms with Gasteiger partial charge in [-0.05, 0) is 56.4 Å². The molecule has 250 valence electrons. The van der Waals surface area contributed by atoms with Gasteiger partial charge in [0.25, 0.3) is 0 Å². The van der Waals surface area contributed by atoms with E-state index in [1.54, 1.807) is 19.6 Å². The molecule has 7 rings (SSSR count). The van der Waals surface area contributed by atoms with E-state index in [1.165, 1.54) is 4.57 Å². The minimum absolute atomic E-state index is 0.140. The highest BCUT2D eigenvalue weighted by molar-refractivity contribution is 5.84. The third-order valence-electron chi connectivity index (χ3n) is 7.93. The zero-order valence-electron chi connectivity index (χ0n) is 27.7. The first-order valence-corrected chi connectivity index (χ1v) is 16.3. The predicted molar refractivity (Wildman–Crippen MR) is 186 cm³/mol. The average molecular weight is 652 g/mol. The quantitative estimate of drug-likeness (QED) is 0.131. The normalized spacial score (nSPS) is 16.1. The van der Waals surface area contributed by atoms with E-state index in [-0.39, 0.29) is 24.6 Å². The summed E-state index contributed by atoms with van der Waals surface area (Å²) >= 11 is 0. The number of nitrogens with one attached hydrogen (secondary N) is 3. The third kappa shape index (κ3) is 7.10. The zero-order valence-corrected chi connectivity index (χ0v) is 27.7. The number of rotatable bonds is 11. The van der Waals surface area contributed by atoms with Crippen LogP contribution < -0.4 is 31.1 Å². The van der Waals surface area contributed by atoms with Gasteiger partial charge in [-0.2, -0.15) is 15.0 Å². The second-order valence-electron chi connectivity index (χ2n) is 11.4. The number of imidazole rings is 1. The molecule has 0 spiro atoms. The number of fused-ring (bicyclic) bond motifs is 3. The van der Waals surface area contributed by atoms with Gasteiger partial charge in [0, 0.05) is 19.3 Å². The molecule has 5 heterocycles. The Morgan fingerprint density at radius 2 is 1.92 bits per heavy atom. The van der Waals surface area contributed by atoms with Gasteiger partial charge in [-0.25, -0.2) is 9.78 Å². The molecule has 0 radical (unpaired) electrons. The van der Waals surface area contributed by atoms with Crippen LogP contribution in [0.5, 0.6) is 17.2 Å². The van der Waals surface area contributed by atoms with Crippen molar-refractivity contribution in [1.82, 2.24) is 29.1 Å². The number of anilines is 4. The van der Waals surface area contributed by atoms with E-state index in [0.29, 0.717) is 52.5 Å². The lowest BCUT2D eigenvalue weighted by atomic mass is 10.1. The van der Waals surface area contributed by atoms with Gasteiger partial charge in [-0.3, -0.25) is 9.13 Å². The van der Waals surface area contributed by atoms with Gasteiger partial charge < -0.3 is 30.2 Å². The summed E-state index contributed by atoms with van der Waals surface area (Å²) < 4.78 is 21.4. The molecule has 3 N–H and O–H groups in total. The van der Waals surface area contributed by atoms with Crippen molar-refractivity contribution in [3.8, 4) is 17.2 Å². The lowest BCUT2D eigenvalue weighted by molar-refractivity contribution is 0.0132. The molecule has 2 atom stereocenters. The van der Waals surface area contributed by atoms with Crippen LogP contribution in [0.3, 0.4) is 0 Å². The Morgan fingerprint density at radius 1 is 1.08 bits per heavy atom. The maximum absolute atomic E-state index is 12.1. The number of para-hydroxylation sites is 2. The van der Waals surface area contributed by atoms with E-state index < -0.39 is 0 Å². The highest BCUT2D eigenvalue weighted by atomic mass is 16.5. The van der Waals surface area contributed by atoms with Crippen molar-refractivity contribution in [1.29, 1.82) is 0 Å². The molecule has 2 aromatic carbocycles. The fraction of sp³-hybridized carbons (Fsp3) is 0.343. The summed E-state index contributed by atoms with van der Waals surface area (Å²) in [5.74, 6) is 3.37. The molecule has 13 nitrogen and oxygen atoms in total. The van der Waals surface area contributed by atoms with E-state index in [4.69, 9.17) is 24.2 Å². The standard InChI is InChI=1S/C33H35N9O4.C2H6/c1-20(18-44-23-11-5-4-6-12-23)36-32-38-30(28-31(40-32)42(19-35-28)26-15-14-21(2)45-26)34-16-8-10-22-9-7-13-24-27(22)37-29-25(46-24)17-41(3)33(43)39-29;1-2/h4-7,9,11-13,17,19,21,26H,1,8,10,14-16,18H2,2-3H3,(H,37,39,43)(H2,34,36,38,40);1-2H3. The molecule has 0 bridgehead atoms. The molecule has 48 heavy (non-hydrogen) atoms. The predicted octanol–water partition coefficient (Wildman–Crippen LogP) is 6.54. The van der Waals surface area contributed by atoms with Crippen molar-refractivity contribution in [2.24, 2.45) is 7.05 Å². The summed E-state index contributed by atoms with van der Waals surface area (Å²) in [6.45, 7) is 11.1. The van der Waals surface area contributed by atoms with Crippen LogP contribution in [-0.4, -0.2) is 48.3 Å². The first-order valence-electron chi connectivity index (χ1n) is 16.3. The fourth-order valence-electron chi connectivity index (χ4n) is 5.59. The van der Waals surface area contributed by atoms with Crippen LogP contribution >= 0.6 is 0 Å². The molecule has 0 amide bonds. The zero-order chi connectivity index (χ0) is 33.6. The second-order valence-corrected chi connectivity index (χ2v) is 11.4. The highest BCUT2D eigenvalue weighted by Crippen LogP contribution is 2.42. The molecule has 1 saturated heterocycles. The number of benzene rings is 2. The largest absolute Gasteiger partial charge is 0.487 e. The van der Waals surface area contributed by atoms with Gasteiger partial charge in [-0.1, -0.05) is 50.8 Å². The number of aryl methyl sites for hydroxylation is 2. The van der Waals surface area contributed by atoms with Crippen LogP contribution in [0.25, 0.3) is 11.2 Å². The maximum Gasteiger partial charge on any atom is 0.349 e. The lowest BCUT2D eigenvalue weighted by Crippen LogP contribution is -2.22. The molecule has 0 aliphatic carbocycles. The topological polar surface area (TPSA) is 142 Å².